The number of hydrogen-bond donors (Lipinski definition) is 0. The zero-order chi connectivity index (χ0) is 12.1. The summed E-state index contributed by atoms with van der Waals surface area (Å²) >= 11 is -0.448. The Hall–Kier alpha value is 0.594. The fourth-order valence-corrected chi connectivity index (χ4v) is 2.85. The van der Waals surface area contributed by atoms with Crippen molar-refractivity contribution in [3.05, 3.63) is 0 Å². The van der Waals surface area contributed by atoms with E-state index >= 15 is 0 Å². The van der Waals surface area contributed by atoms with Crippen LogP contribution in [0.25, 0.3) is 0 Å². The van der Waals surface area contributed by atoms with Gasteiger partial charge in [-0.05, 0) is 0 Å². The van der Waals surface area contributed by atoms with Crippen molar-refractivity contribution in [1.29, 1.82) is 0 Å². The van der Waals surface area contributed by atoms with Crippen LogP contribution in [0.4, 0.5) is 0 Å². The van der Waals surface area contributed by atoms with Gasteiger partial charge in [0.2, 0.25) is 0 Å². The molecule has 0 saturated heterocycles. The Morgan fingerprint density at radius 2 is 1.00 bits per heavy atom. The van der Waals surface area contributed by atoms with Crippen molar-refractivity contribution >= 4 is 0 Å². The van der Waals surface area contributed by atoms with Gasteiger partial charge in [0.25, 0.3) is 0 Å². The van der Waals surface area contributed by atoms with Crippen LogP contribution in [0.15, 0.2) is 0 Å². The molecule has 0 aliphatic carbocycles. The molecule has 0 radical (unpaired) electrons. The Labute approximate surface area is 103 Å². The van der Waals surface area contributed by atoms with Gasteiger partial charge in [0, 0.05) is 0 Å². The van der Waals surface area contributed by atoms with E-state index in [-0.39, 0.29) is 18.3 Å². The average Bonchev–Trinajstić information content (AvgIpc) is 1.99. The standard InChI is InChI=1S/C10H21O3.CH3.Ti/c1-7(2)11-10(12-8(3)4)13-9(5)6;;/h7-9H,1-6H3;1H3;. The summed E-state index contributed by atoms with van der Waals surface area (Å²) in [6.45, 7) is 12.0. The van der Waals surface area contributed by atoms with Crippen molar-refractivity contribution in [2.75, 3.05) is 0 Å². The Kier molecular flexibility index (Phi) is 7.30. The van der Waals surface area contributed by atoms with E-state index in [1.54, 1.807) is 0 Å². The normalized spacial score (nSPS) is 12.9. The summed E-state index contributed by atoms with van der Waals surface area (Å²) in [6.07, 6.45) is 0.351. The zero-order valence-electron chi connectivity index (χ0n) is 11.0. The molecule has 0 heterocycles. The minimum absolute atomic E-state index is 0.117. The van der Waals surface area contributed by atoms with Crippen molar-refractivity contribution in [3.63, 3.8) is 0 Å². The first-order valence-electron chi connectivity index (χ1n) is 5.53. The van der Waals surface area contributed by atoms with Gasteiger partial charge in [0.05, 0.1) is 0 Å². The van der Waals surface area contributed by atoms with E-state index in [0.717, 1.165) is 0 Å². The van der Waals surface area contributed by atoms with Gasteiger partial charge >= 0.3 is 103 Å². The van der Waals surface area contributed by atoms with Crippen molar-refractivity contribution < 1.29 is 33.4 Å². The molecule has 15 heavy (non-hydrogen) atoms. The van der Waals surface area contributed by atoms with Gasteiger partial charge in [0.15, 0.2) is 0 Å². The van der Waals surface area contributed by atoms with E-state index < -0.39 is 23.4 Å². The quantitative estimate of drug-likeness (QED) is 0.515. The third kappa shape index (κ3) is 6.70. The molecule has 0 saturated carbocycles. The molecular weight excluding hydrogens is 228 g/mol. The molecule has 0 amide bonds. The van der Waals surface area contributed by atoms with Crippen LogP contribution in [0.1, 0.15) is 41.5 Å². The van der Waals surface area contributed by atoms with Crippen LogP contribution in [0, 0.1) is 0 Å². The average molecular weight is 252 g/mol. The molecule has 0 fully saturated rings. The summed E-state index contributed by atoms with van der Waals surface area (Å²) < 4.78 is 16.7. The molecule has 0 spiro atoms. The molecule has 0 aromatic rings. The second-order valence-electron chi connectivity index (χ2n) is 4.31. The molecule has 0 rings (SSSR count). The van der Waals surface area contributed by atoms with Crippen LogP contribution in [-0.2, 0) is 33.4 Å². The third-order valence-electron chi connectivity index (χ3n) is 1.48. The Morgan fingerprint density at radius 1 is 0.733 bits per heavy atom. The molecule has 0 atom stereocenters. The minimum atomic E-state index is -0.767. The van der Waals surface area contributed by atoms with Crippen LogP contribution < -0.4 is 0 Å². The van der Waals surface area contributed by atoms with Crippen molar-refractivity contribution in [3.8, 4) is 0 Å². The van der Waals surface area contributed by atoms with Crippen LogP contribution >= 0.6 is 0 Å². The number of ether oxygens (including phenoxy) is 3. The zero-order valence-corrected chi connectivity index (χ0v) is 12.5. The molecule has 90 valence electrons. The van der Waals surface area contributed by atoms with E-state index in [9.17, 15) is 0 Å². The van der Waals surface area contributed by atoms with Crippen LogP contribution in [0.5, 0.6) is 0 Å². The Balaban J connectivity index is 4.59. The molecule has 0 aromatic heterocycles. The predicted molar refractivity (Wildman–Crippen MR) is 57.3 cm³/mol. The van der Waals surface area contributed by atoms with Crippen molar-refractivity contribution in [1.82, 2.24) is 0 Å². The maximum atomic E-state index is 5.82. The summed E-state index contributed by atoms with van der Waals surface area (Å²) in [7, 11) is 0. The van der Waals surface area contributed by atoms with Gasteiger partial charge in [-0.3, -0.25) is 0 Å². The van der Waals surface area contributed by atoms with Gasteiger partial charge in [-0.2, -0.15) is 0 Å². The molecule has 4 heteroatoms. The van der Waals surface area contributed by atoms with Gasteiger partial charge in [-0.25, -0.2) is 0 Å². The molecule has 3 nitrogen and oxygen atoms in total. The van der Waals surface area contributed by atoms with E-state index in [0.29, 0.717) is 0 Å². The van der Waals surface area contributed by atoms with Gasteiger partial charge in [-0.15, -0.1) is 0 Å². The summed E-state index contributed by atoms with van der Waals surface area (Å²) in [6, 6.07) is 0. The van der Waals surface area contributed by atoms with Gasteiger partial charge < -0.3 is 0 Å². The van der Waals surface area contributed by atoms with E-state index in [1.807, 2.05) is 41.5 Å². The van der Waals surface area contributed by atoms with Gasteiger partial charge in [0.1, 0.15) is 0 Å². The topological polar surface area (TPSA) is 27.7 Å². The first kappa shape index (κ1) is 15.6. The molecule has 0 bridgehead atoms. The molecular formula is C11H24O3Ti. The summed E-state index contributed by atoms with van der Waals surface area (Å²) in [5.41, 5.74) is 0. The van der Waals surface area contributed by atoms with Crippen molar-refractivity contribution in [2.24, 2.45) is 0 Å². The molecule has 0 aromatic carbocycles. The molecule has 0 aliphatic heterocycles. The Bertz CT molecular complexity index is 143. The second kappa shape index (κ2) is 7.02. The van der Waals surface area contributed by atoms with E-state index in [4.69, 9.17) is 14.2 Å². The first-order valence-corrected chi connectivity index (χ1v) is 7.88. The summed E-state index contributed by atoms with van der Waals surface area (Å²) in [5, 5.41) is 2.13. The SMILES string of the molecule is [CH3][Ti][C](OC(C)C)(OC(C)C)OC(C)C. The summed E-state index contributed by atoms with van der Waals surface area (Å²) in [4.78, 5) is 0. The van der Waals surface area contributed by atoms with Crippen LogP contribution in [0.2, 0.25) is 5.23 Å². The van der Waals surface area contributed by atoms with Gasteiger partial charge in [-0.1, -0.05) is 0 Å². The maximum absolute atomic E-state index is 5.82. The van der Waals surface area contributed by atoms with E-state index in [2.05, 4.69) is 5.23 Å². The van der Waals surface area contributed by atoms with Crippen LogP contribution in [-0.4, -0.2) is 22.6 Å². The fraction of sp³-hybridized carbons (Fsp3) is 1.00. The third-order valence-corrected chi connectivity index (χ3v) is 2.99. The van der Waals surface area contributed by atoms with Crippen molar-refractivity contribution in [2.45, 2.75) is 69.4 Å². The Morgan fingerprint density at radius 3 is 1.13 bits per heavy atom. The number of hydrogen-bond acceptors (Lipinski definition) is 3. The monoisotopic (exact) mass is 252 g/mol. The molecule has 0 N–H and O–H groups in total. The number of rotatable bonds is 7. The molecule has 0 aliphatic rings. The second-order valence-corrected chi connectivity index (χ2v) is 6.04. The predicted octanol–water partition coefficient (Wildman–Crippen LogP) is 3.00. The first-order chi connectivity index (χ1) is 6.81. The fourth-order valence-electron chi connectivity index (χ4n) is 1.19. The summed E-state index contributed by atoms with van der Waals surface area (Å²) in [5.74, 6) is 0. The van der Waals surface area contributed by atoms with E-state index in [1.165, 1.54) is 0 Å². The van der Waals surface area contributed by atoms with Crippen LogP contribution in [0.3, 0.4) is 0 Å². The molecule has 0 unspecified atom stereocenters.